The Kier molecular flexibility index (Phi) is 2.72. The van der Waals surface area contributed by atoms with E-state index in [9.17, 15) is 4.79 Å². The second-order valence-corrected chi connectivity index (χ2v) is 3.91. The maximum Gasteiger partial charge on any atom is 0.410 e. The first-order valence-electron chi connectivity index (χ1n) is 5.08. The van der Waals surface area contributed by atoms with Crippen molar-refractivity contribution < 1.29 is 9.53 Å². The molecule has 2 heterocycles. The fourth-order valence-electron chi connectivity index (χ4n) is 2.17. The molecule has 0 aromatic rings. The van der Waals surface area contributed by atoms with E-state index in [1.807, 2.05) is 0 Å². The van der Waals surface area contributed by atoms with Crippen molar-refractivity contribution in [2.24, 2.45) is 0 Å². The highest BCUT2D eigenvalue weighted by Gasteiger charge is 2.34. The molecular weight excluding hydrogens is 180 g/mol. The molecule has 14 heavy (non-hydrogen) atoms. The van der Waals surface area contributed by atoms with Gasteiger partial charge >= 0.3 is 6.09 Å². The number of amides is 1. The standard InChI is InChI=1S/C10H16N2O2/c1-2-5-14-10(13)12-6-8-3-4-9(7-12)11-8/h2,8-9,11H,1,3-7H2/t8-,9+. The summed E-state index contributed by atoms with van der Waals surface area (Å²) in [5.41, 5.74) is 0. The zero-order chi connectivity index (χ0) is 9.97. The van der Waals surface area contributed by atoms with Crippen molar-refractivity contribution in [1.82, 2.24) is 10.2 Å². The Hall–Kier alpha value is -1.03. The number of nitrogens with one attached hydrogen (secondary N) is 1. The molecule has 0 aromatic heterocycles. The molecule has 0 spiro atoms. The molecule has 2 rings (SSSR count). The Morgan fingerprint density at radius 1 is 1.50 bits per heavy atom. The van der Waals surface area contributed by atoms with Crippen molar-refractivity contribution in [2.45, 2.75) is 24.9 Å². The van der Waals surface area contributed by atoms with E-state index in [0.29, 0.717) is 18.7 Å². The van der Waals surface area contributed by atoms with Crippen LogP contribution in [0.1, 0.15) is 12.8 Å². The van der Waals surface area contributed by atoms with Gasteiger partial charge in [-0.25, -0.2) is 4.79 Å². The Labute approximate surface area is 83.9 Å². The third kappa shape index (κ3) is 1.90. The van der Waals surface area contributed by atoms with Gasteiger partial charge in [0.25, 0.3) is 0 Å². The lowest BCUT2D eigenvalue weighted by molar-refractivity contribution is 0.0982. The fraction of sp³-hybridized carbons (Fsp3) is 0.700. The van der Waals surface area contributed by atoms with E-state index in [1.54, 1.807) is 11.0 Å². The van der Waals surface area contributed by atoms with Gasteiger partial charge in [0.2, 0.25) is 0 Å². The number of nitrogens with zero attached hydrogens (tertiary/aromatic N) is 1. The van der Waals surface area contributed by atoms with Gasteiger partial charge in [-0.2, -0.15) is 0 Å². The van der Waals surface area contributed by atoms with Crippen molar-refractivity contribution in [2.75, 3.05) is 19.7 Å². The summed E-state index contributed by atoms with van der Waals surface area (Å²) in [4.78, 5) is 13.3. The molecule has 2 aliphatic heterocycles. The third-order valence-electron chi connectivity index (χ3n) is 2.80. The smallest absolute Gasteiger partial charge is 0.410 e. The topological polar surface area (TPSA) is 41.6 Å². The number of piperazine rings is 1. The molecule has 2 fully saturated rings. The van der Waals surface area contributed by atoms with E-state index in [-0.39, 0.29) is 6.09 Å². The first kappa shape index (κ1) is 9.52. The molecule has 0 saturated carbocycles. The molecule has 0 radical (unpaired) electrons. The normalized spacial score (nSPS) is 30.1. The molecule has 0 aliphatic carbocycles. The van der Waals surface area contributed by atoms with Gasteiger partial charge in [0, 0.05) is 25.2 Å². The summed E-state index contributed by atoms with van der Waals surface area (Å²) >= 11 is 0. The molecule has 4 nitrogen and oxygen atoms in total. The molecule has 2 aliphatic rings. The van der Waals surface area contributed by atoms with Gasteiger partial charge < -0.3 is 15.0 Å². The van der Waals surface area contributed by atoms with Crippen LogP contribution in [0.25, 0.3) is 0 Å². The minimum absolute atomic E-state index is 0.205. The zero-order valence-electron chi connectivity index (χ0n) is 8.24. The van der Waals surface area contributed by atoms with Crippen LogP contribution in [-0.2, 0) is 4.74 Å². The number of ether oxygens (including phenoxy) is 1. The fourth-order valence-corrected chi connectivity index (χ4v) is 2.17. The largest absolute Gasteiger partial charge is 0.445 e. The van der Waals surface area contributed by atoms with Crippen LogP contribution in [0.2, 0.25) is 0 Å². The van der Waals surface area contributed by atoms with Gasteiger partial charge in [-0.05, 0) is 12.8 Å². The lowest BCUT2D eigenvalue weighted by Gasteiger charge is -2.31. The maximum absolute atomic E-state index is 11.5. The highest BCUT2D eigenvalue weighted by Crippen LogP contribution is 2.20. The molecule has 2 atom stereocenters. The van der Waals surface area contributed by atoms with Crippen molar-refractivity contribution in [3.8, 4) is 0 Å². The van der Waals surface area contributed by atoms with E-state index >= 15 is 0 Å². The Balaban J connectivity index is 1.86. The second kappa shape index (κ2) is 4.00. The molecule has 1 amide bonds. The SMILES string of the molecule is C=CCOC(=O)N1C[C@H]2CC[C@@H](C1)N2. The number of rotatable bonds is 2. The van der Waals surface area contributed by atoms with Gasteiger partial charge in [0.15, 0.2) is 0 Å². The predicted octanol–water partition coefficient (Wildman–Crippen LogP) is 0.745. The first-order valence-corrected chi connectivity index (χ1v) is 5.08. The average molecular weight is 196 g/mol. The molecule has 1 N–H and O–H groups in total. The minimum Gasteiger partial charge on any atom is -0.445 e. The first-order chi connectivity index (χ1) is 6.79. The van der Waals surface area contributed by atoms with Gasteiger partial charge in [-0.3, -0.25) is 0 Å². The van der Waals surface area contributed by atoms with Crippen molar-refractivity contribution in [3.63, 3.8) is 0 Å². The van der Waals surface area contributed by atoms with Crippen molar-refractivity contribution in [3.05, 3.63) is 12.7 Å². The van der Waals surface area contributed by atoms with Crippen molar-refractivity contribution >= 4 is 6.09 Å². The van der Waals surface area contributed by atoms with Crippen LogP contribution in [0, 0.1) is 0 Å². The van der Waals surface area contributed by atoms with Crippen LogP contribution >= 0.6 is 0 Å². The molecule has 2 bridgehead atoms. The summed E-state index contributed by atoms with van der Waals surface area (Å²) in [7, 11) is 0. The summed E-state index contributed by atoms with van der Waals surface area (Å²) in [6.07, 6.45) is 3.74. The maximum atomic E-state index is 11.5. The summed E-state index contributed by atoms with van der Waals surface area (Å²) in [6.45, 7) is 5.38. The van der Waals surface area contributed by atoms with Crippen LogP contribution in [0.3, 0.4) is 0 Å². The predicted molar refractivity (Wildman–Crippen MR) is 53.1 cm³/mol. The molecule has 0 aromatic carbocycles. The van der Waals surface area contributed by atoms with Crippen LogP contribution < -0.4 is 5.32 Å². The average Bonchev–Trinajstić information content (AvgIpc) is 2.54. The van der Waals surface area contributed by atoms with E-state index in [2.05, 4.69) is 11.9 Å². The number of fused-ring (bicyclic) bond motifs is 2. The highest BCUT2D eigenvalue weighted by atomic mass is 16.6. The number of carbonyl (C=O) groups is 1. The Morgan fingerprint density at radius 3 is 2.71 bits per heavy atom. The van der Waals surface area contributed by atoms with Crippen molar-refractivity contribution in [1.29, 1.82) is 0 Å². The van der Waals surface area contributed by atoms with Gasteiger partial charge in [-0.1, -0.05) is 12.7 Å². The Morgan fingerprint density at radius 2 is 2.14 bits per heavy atom. The number of likely N-dealkylation sites (tertiary alicyclic amines) is 1. The highest BCUT2D eigenvalue weighted by molar-refractivity contribution is 5.68. The number of hydrogen-bond donors (Lipinski definition) is 1. The second-order valence-electron chi connectivity index (χ2n) is 3.91. The summed E-state index contributed by atoms with van der Waals surface area (Å²) in [5.74, 6) is 0. The number of carbonyl (C=O) groups excluding carboxylic acids is 1. The van der Waals surface area contributed by atoms with E-state index in [0.717, 1.165) is 13.1 Å². The van der Waals surface area contributed by atoms with E-state index in [1.165, 1.54) is 12.8 Å². The lowest BCUT2D eigenvalue weighted by atomic mass is 10.2. The molecule has 0 unspecified atom stereocenters. The quantitative estimate of drug-likeness (QED) is 0.662. The van der Waals surface area contributed by atoms with E-state index in [4.69, 9.17) is 4.74 Å². The summed E-state index contributed by atoms with van der Waals surface area (Å²) < 4.78 is 5.00. The minimum atomic E-state index is -0.205. The van der Waals surface area contributed by atoms with Crippen LogP contribution in [0.4, 0.5) is 4.79 Å². The monoisotopic (exact) mass is 196 g/mol. The van der Waals surface area contributed by atoms with Gasteiger partial charge in [-0.15, -0.1) is 0 Å². The molecule has 78 valence electrons. The van der Waals surface area contributed by atoms with Crippen LogP contribution in [0.5, 0.6) is 0 Å². The van der Waals surface area contributed by atoms with Crippen LogP contribution in [-0.4, -0.2) is 42.8 Å². The van der Waals surface area contributed by atoms with E-state index < -0.39 is 0 Å². The third-order valence-corrected chi connectivity index (χ3v) is 2.80. The molecular formula is C10H16N2O2. The van der Waals surface area contributed by atoms with Gasteiger partial charge in [0.1, 0.15) is 6.61 Å². The zero-order valence-corrected chi connectivity index (χ0v) is 8.24. The molecule has 2 saturated heterocycles. The summed E-state index contributed by atoms with van der Waals surface area (Å²) in [5, 5.41) is 3.46. The van der Waals surface area contributed by atoms with Gasteiger partial charge in [0.05, 0.1) is 0 Å². The van der Waals surface area contributed by atoms with Crippen LogP contribution in [0.15, 0.2) is 12.7 Å². The summed E-state index contributed by atoms with van der Waals surface area (Å²) in [6, 6.07) is 0.954. The lowest BCUT2D eigenvalue weighted by Crippen LogP contribution is -2.53. The Bertz CT molecular complexity index is 230. The number of hydrogen-bond acceptors (Lipinski definition) is 3. The molecule has 4 heteroatoms.